The molecule has 3 aliphatic carbocycles. The number of Topliss-reactive ketones (excluding diaryl/α,β-unsaturated/α-hetero) is 2. The van der Waals surface area contributed by atoms with Gasteiger partial charge in [0.1, 0.15) is 42.1 Å². The summed E-state index contributed by atoms with van der Waals surface area (Å²) in [6, 6.07) is 29.1. The Morgan fingerprint density at radius 1 is 0.663 bits per heavy atom. The van der Waals surface area contributed by atoms with Crippen LogP contribution in [0, 0.1) is 17.5 Å². The molecular formula is C62H69Cl4F3K2N10O11. The van der Waals surface area contributed by atoms with Gasteiger partial charge in [-0.2, -0.15) is 10.2 Å². The molecule has 3 aliphatic rings. The summed E-state index contributed by atoms with van der Waals surface area (Å²) >= 11 is 22.4. The first-order valence-electron chi connectivity index (χ1n) is 28.4. The van der Waals surface area contributed by atoms with Crippen LogP contribution in [-0.4, -0.2) is 114 Å². The number of nitrogens with one attached hydrogen (secondary N) is 2. The minimum atomic E-state index is -1.02. The van der Waals surface area contributed by atoms with E-state index in [1.807, 2.05) is 0 Å². The third-order valence-electron chi connectivity index (χ3n) is 14.5. The maximum absolute atomic E-state index is 14.1. The number of rotatable bonds is 22. The summed E-state index contributed by atoms with van der Waals surface area (Å²) in [5.74, 6) is -4.50. The number of aryl methyl sites for hydroxylation is 2. The summed E-state index contributed by atoms with van der Waals surface area (Å²) in [5, 5.41) is 32.4. The van der Waals surface area contributed by atoms with Gasteiger partial charge in [-0.3, -0.25) is 47.7 Å². The van der Waals surface area contributed by atoms with Crippen molar-refractivity contribution in [2.45, 2.75) is 121 Å². The fraction of sp³-hybridized carbons (Fsp3) is 0.355. The molecule has 484 valence electrons. The van der Waals surface area contributed by atoms with Crippen molar-refractivity contribution in [3.8, 4) is 0 Å². The van der Waals surface area contributed by atoms with Crippen molar-refractivity contribution in [1.82, 2.24) is 35.1 Å². The van der Waals surface area contributed by atoms with Crippen LogP contribution < -0.4 is 136 Å². The molecule has 30 heteroatoms. The summed E-state index contributed by atoms with van der Waals surface area (Å²) in [5.41, 5.74) is 18.6. The number of halogens is 7. The Morgan fingerprint density at radius 2 is 1.09 bits per heavy atom. The third kappa shape index (κ3) is 26.1. The van der Waals surface area contributed by atoms with Gasteiger partial charge < -0.3 is 49.4 Å². The van der Waals surface area contributed by atoms with Crippen molar-refractivity contribution in [1.29, 1.82) is 0 Å². The fourth-order valence-corrected chi connectivity index (χ4v) is 9.63. The molecule has 0 atom stereocenters. The molecular weight excluding hydrogens is 1340 g/mol. The number of carbonyl (C=O) groups is 8. The Labute approximate surface area is 635 Å². The number of hydrogen-bond donors (Lipinski definition) is 6. The molecule has 2 aromatic heterocycles. The third-order valence-corrected chi connectivity index (χ3v) is 15.6. The maximum atomic E-state index is 14.1. The topological polar surface area (TPSA) is 330 Å². The first kappa shape index (κ1) is 81.5. The molecule has 9 N–H and O–H groups in total. The van der Waals surface area contributed by atoms with Gasteiger partial charge in [0.25, 0.3) is 18.3 Å². The molecule has 3 fully saturated rings. The number of amides is 4. The molecule has 5 aromatic carbocycles. The van der Waals surface area contributed by atoms with Crippen molar-refractivity contribution in [2.24, 2.45) is 17.2 Å². The van der Waals surface area contributed by atoms with Gasteiger partial charge in [-0.05, 0) is 99.2 Å². The van der Waals surface area contributed by atoms with Crippen molar-refractivity contribution >= 4 is 116 Å². The Bertz CT molecular complexity index is 3620. The molecule has 0 bridgehead atoms. The van der Waals surface area contributed by atoms with E-state index in [9.17, 15) is 46.7 Å². The van der Waals surface area contributed by atoms with E-state index in [2.05, 4.69) is 25.7 Å². The molecule has 3 saturated carbocycles. The average Bonchev–Trinajstić information content (AvgIpc) is 1.68. The van der Waals surface area contributed by atoms with Gasteiger partial charge in [0.15, 0.2) is 11.4 Å². The molecule has 0 saturated heterocycles. The van der Waals surface area contributed by atoms with Gasteiger partial charge in [-0.1, -0.05) is 120 Å². The van der Waals surface area contributed by atoms with Crippen LogP contribution in [0.15, 0.2) is 103 Å². The molecule has 0 radical (unpaired) electrons. The van der Waals surface area contributed by atoms with Gasteiger partial charge >= 0.3 is 109 Å². The second-order valence-electron chi connectivity index (χ2n) is 20.8. The van der Waals surface area contributed by atoms with Crippen LogP contribution in [0.1, 0.15) is 110 Å². The van der Waals surface area contributed by atoms with Crippen molar-refractivity contribution in [2.75, 3.05) is 19.0 Å². The molecule has 10 rings (SSSR count). The van der Waals surface area contributed by atoms with E-state index >= 15 is 0 Å². The summed E-state index contributed by atoms with van der Waals surface area (Å²) in [6.45, 7) is -0.418. The Morgan fingerprint density at radius 3 is 1.48 bits per heavy atom. The minimum absolute atomic E-state index is 0. The SMILES string of the molecule is NC(=O)c1nn(CC(=O)N(CC(=O)NCc2cccc(Cl)c2F)C2CCC2)c2ccccc12.NC(=O)c1nn(CC(=O)O)c2ccccc12.NC1CCC1.O=C(CCc1cccc(Cl)c1F)CNC1CCC1.O=C(CCl)CCc1cccc(Cl)c1F.O=CO[O-].[H-].[K+].[K+]. The zero-order valence-corrected chi connectivity index (χ0v) is 60.0. The predicted octanol–water partition coefficient (Wildman–Crippen LogP) is 2.24. The number of alkyl halides is 1. The van der Waals surface area contributed by atoms with Crippen molar-refractivity contribution in [3.05, 3.63) is 164 Å². The van der Waals surface area contributed by atoms with E-state index in [0.717, 1.165) is 32.1 Å². The summed E-state index contributed by atoms with van der Waals surface area (Å²) < 4.78 is 43.6. The van der Waals surface area contributed by atoms with E-state index < -0.39 is 41.1 Å². The van der Waals surface area contributed by atoms with E-state index in [1.54, 1.807) is 78.9 Å². The number of aliphatic carboxylic acids is 1. The quantitative estimate of drug-likeness (QED) is 0.0186. The van der Waals surface area contributed by atoms with Gasteiger partial charge in [-0.15, -0.1) is 11.6 Å². The number of benzene rings is 5. The number of aromatic nitrogens is 4. The van der Waals surface area contributed by atoms with E-state index in [-0.39, 0.29) is 205 Å². The van der Waals surface area contributed by atoms with Crippen molar-refractivity contribution in [3.63, 3.8) is 0 Å². The molecule has 92 heavy (non-hydrogen) atoms. The summed E-state index contributed by atoms with van der Waals surface area (Å²) in [7, 11) is 0. The summed E-state index contributed by atoms with van der Waals surface area (Å²) in [4.78, 5) is 94.5. The number of nitrogens with zero attached hydrogens (tertiary/aromatic N) is 5. The largest absolute Gasteiger partial charge is 1.00 e. The van der Waals surface area contributed by atoms with E-state index in [4.69, 9.17) is 78.8 Å². The smallest absolute Gasteiger partial charge is 1.00 e. The number of carboxylic acid groups (broad SMARTS) is 1. The molecule has 0 spiro atoms. The number of carbonyl (C=O) groups excluding carboxylic acids is 7. The zero-order chi connectivity index (χ0) is 65.9. The Balaban J connectivity index is 0.000000420. The van der Waals surface area contributed by atoms with Crippen molar-refractivity contribution < 1.29 is 171 Å². The van der Waals surface area contributed by atoms with E-state index in [0.29, 0.717) is 70.8 Å². The van der Waals surface area contributed by atoms with Gasteiger partial charge in [0, 0.05) is 53.8 Å². The van der Waals surface area contributed by atoms with Crippen LogP contribution in [-0.2, 0) is 66.1 Å². The predicted molar refractivity (Wildman–Crippen MR) is 333 cm³/mol. The van der Waals surface area contributed by atoms with Gasteiger partial charge in [0.05, 0.1) is 45.1 Å². The Hall–Kier alpha value is -4.70. The van der Waals surface area contributed by atoms with Crippen LogP contribution in [0.4, 0.5) is 13.2 Å². The van der Waals surface area contributed by atoms with Gasteiger partial charge in [-0.25, -0.2) is 13.2 Å². The second-order valence-corrected chi connectivity index (χ2v) is 22.3. The second kappa shape index (κ2) is 42.7. The number of nitrogens with two attached hydrogens (primary N) is 3. The average molecular weight is 1410 g/mol. The standard InChI is InChI=1S/C23H23ClFN5O3.C14H17ClFNO.C10H9Cl2FO.C10H9N3O3.C4H9N.CH2O3.2K.H/c24-17-9-3-5-14(21(17)25)11-27-19(31)12-29(15-6-4-7-15)20(32)13-30-18-10-2-1-8-16(18)22(28-30)23(26)33;15-13-6-1-3-10(14(13)16)7-8-12(18)9-17-11-4-2-5-11;11-6-8(14)5-4-7-2-1-3-9(12)10(7)13;11-10(16)9-6-3-1-2-4-7(6)13(12-9)5-8(14)15;5-4-2-1-3-4;2-1-4-3;;;/h1-3,5,8-10,15H,4,6-7,11-13H2,(H2,26,33)(H,27,31);1,3,6,11,17H,2,4-5,7-9H2;1-3H,4-6H2;1-4H,5H2,(H2,11,16)(H,14,15);4H,1-3,5H2;1,3H;;;/q;;;;;;2*+1;-1/p-1. The molecule has 2 heterocycles. The minimum Gasteiger partial charge on any atom is -1.00 e. The molecule has 21 nitrogen and oxygen atoms in total. The van der Waals surface area contributed by atoms with Crippen LogP contribution >= 0.6 is 46.4 Å². The molecule has 0 unspecified atom stereocenters. The number of primary amides is 2. The first-order chi connectivity index (χ1) is 43.1. The maximum Gasteiger partial charge on any atom is 1.00 e. The Kier molecular flexibility index (Phi) is 37.8. The first-order valence-corrected chi connectivity index (χ1v) is 30.1. The van der Waals surface area contributed by atoms with Crippen LogP contribution in [0.2, 0.25) is 15.1 Å². The van der Waals surface area contributed by atoms with Crippen LogP contribution in [0.5, 0.6) is 0 Å². The van der Waals surface area contributed by atoms with E-state index in [1.165, 1.54) is 64.2 Å². The monoisotopic (exact) mass is 1400 g/mol. The number of carboxylic acids is 1. The van der Waals surface area contributed by atoms with Gasteiger partial charge in [0.2, 0.25) is 11.8 Å². The number of hydrogen-bond acceptors (Lipinski definition) is 14. The molecule has 4 amide bonds. The number of ketones is 2. The summed E-state index contributed by atoms with van der Waals surface area (Å²) in [6.07, 6.45) is 11.4. The van der Waals surface area contributed by atoms with Crippen LogP contribution in [0.3, 0.4) is 0 Å². The fourth-order valence-electron chi connectivity index (χ4n) is 8.91. The molecule has 7 aromatic rings. The van der Waals surface area contributed by atoms with Crippen LogP contribution in [0.25, 0.3) is 21.8 Å². The number of fused-ring (bicyclic) bond motifs is 2. The number of para-hydroxylation sites is 2. The normalized spacial score (nSPS) is 12.9. The zero-order valence-electron chi connectivity index (χ0n) is 51.7. The molecule has 0 aliphatic heterocycles.